The third kappa shape index (κ3) is 5.23. The maximum Gasteiger partial charge on any atom is 0.317 e. The summed E-state index contributed by atoms with van der Waals surface area (Å²) >= 11 is 0. The van der Waals surface area contributed by atoms with Crippen molar-refractivity contribution in [1.29, 1.82) is 0 Å². The molecule has 3 saturated heterocycles. The molecule has 0 unspecified atom stereocenters. The van der Waals surface area contributed by atoms with Gasteiger partial charge in [-0.2, -0.15) is 0 Å². The molecular weight excluding hydrogens is 388 g/mol. The van der Waals surface area contributed by atoms with Gasteiger partial charge in [-0.05, 0) is 68.6 Å². The number of likely N-dealkylation sites (tertiary alicyclic amines) is 2. The lowest BCUT2D eigenvalue weighted by Gasteiger charge is -2.39. The number of nitrogens with one attached hydrogen (secondary N) is 1. The predicted octanol–water partition coefficient (Wildman–Crippen LogP) is 3.74. The minimum Gasteiger partial charge on any atom is -0.369 e. The van der Waals surface area contributed by atoms with Crippen LogP contribution in [0.15, 0.2) is 36.9 Å². The summed E-state index contributed by atoms with van der Waals surface area (Å²) in [6.07, 6.45) is 8.99. The van der Waals surface area contributed by atoms with Crippen molar-refractivity contribution in [3.63, 3.8) is 0 Å². The van der Waals surface area contributed by atoms with Gasteiger partial charge in [0.15, 0.2) is 0 Å². The second-order valence-corrected chi connectivity index (χ2v) is 9.14. The number of carbonyl (C=O) groups excluding carboxylic acids is 2. The Labute approximate surface area is 186 Å². The third-order valence-electron chi connectivity index (χ3n) is 7.09. The predicted molar refractivity (Wildman–Crippen MR) is 124 cm³/mol. The summed E-state index contributed by atoms with van der Waals surface area (Å²) in [5.41, 5.74) is 2.68. The van der Waals surface area contributed by atoms with E-state index in [-0.39, 0.29) is 18.0 Å². The number of piperidine rings is 3. The Bertz CT molecular complexity index is 781. The zero-order valence-electron chi connectivity index (χ0n) is 18.6. The molecule has 1 aromatic rings. The Morgan fingerprint density at radius 3 is 2.39 bits per heavy atom. The van der Waals surface area contributed by atoms with E-state index in [0.29, 0.717) is 5.92 Å². The van der Waals surface area contributed by atoms with Crippen LogP contribution in [0.25, 0.3) is 0 Å². The highest BCUT2D eigenvalue weighted by atomic mass is 16.2. The summed E-state index contributed by atoms with van der Waals surface area (Å²) in [4.78, 5) is 31.0. The third-order valence-corrected chi connectivity index (χ3v) is 7.09. The van der Waals surface area contributed by atoms with Gasteiger partial charge in [0.05, 0.1) is 0 Å². The van der Waals surface area contributed by atoms with E-state index in [1.54, 1.807) is 0 Å². The Balaban J connectivity index is 1.39. The molecule has 0 spiro atoms. The highest BCUT2D eigenvalue weighted by Gasteiger charge is 2.28. The molecule has 1 N–H and O–H groups in total. The molecule has 4 rings (SSSR count). The average Bonchev–Trinajstić information content (AvgIpc) is 2.84. The van der Waals surface area contributed by atoms with Crippen LogP contribution in [0.1, 0.15) is 56.4 Å². The number of para-hydroxylation sites is 1. The fourth-order valence-corrected chi connectivity index (χ4v) is 5.34. The molecule has 0 saturated carbocycles. The Morgan fingerprint density at radius 2 is 1.65 bits per heavy atom. The van der Waals surface area contributed by atoms with Crippen LogP contribution in [0.4, 0.5) is 10.5 Å². The van der Waals surface area contributed by atoms with Crippen molar-refractivity contribution < 1.29 is 9.59 Å². The smallest absolute Gasteiger partial charge is 0.317 e. The van der Waals surface area contributed by atoms with E-state index in [4.69, 9.17) is 0 Å². The number of hydrogen-bond donors (Lipinski definition) is 1. The van der Waals surface area contributed by atoms with Gasteiger partial charge < -0.3 is 20.0 Å². The van der Waals surface area contributed by atoms with Crippen LogP contribution in [-0.4, -0.2) is 67.0 Å². The van der Waals surface area contributed by atoms with Crippen LogP contribution in [0.2, 0.25) is 0 Å². The lowest BCUT2D eigenvalue weighted by atomic mass is 9.87. The second-order valence-electron chi connectivity index (χ2n) is 9.14. The van der Waals surface area contributed by atoms with Crippen LogP contribution in [-0.2, 0) is 4.79 Å². The number of nitrogens with zero attached hydrogens (tertiary/aromatic N) is 3. The van der Waals surface area contributed by atoms with Crippen molar-refractivity contribution in [2.45, 2.75) is 56.9 Å². The molecule has 3 fully saturated rings. The number of hydrogen-bond acceptors (Lipinski definition) is 3. The first-order chi connectivity index (χ1) is 15.2. The molecule has 0 aromatic heterocycles. The lowest BCUT2D eigenvalue weighted by molar-refractivity contribution is -0.127. The molecule has 1 atom stereocenters. The van der Waals surface area contributed by atoms with Crippen molar-refractivity contribution in [2.24, 2.45) is 0 Å². The maximum atomic E-state index is 12.7. The fourth-order valence-electron chi connectivity index (χ4n) is 5.34. The molecule has 3 aliphatic heterocycles. The van der Waals surface area contributed by atoms with Crippen molar-refractivity contribution in [3.8, 4) is 0 Å². The highest BCUT2D eigenvalue weighted by Crippen LogP contribution is 2.35. The number of urea groups is 1. The van der Waals surface area contributed by atoms with Crippen molar-refractivity contribution >= 4 is 17.6 Å². The number of anilines is 1. The first kappa shape index (κ1) is 21.7. The van der Waals surface area contributed by atoms with E-state index in [1.807, 2.05) is 9.80 Å². The van der Waals surface area contributed by atoms with E-state index in [1.165, 1.54) is 23.7 Å². The minimum atomic E-state index is 0.0371. The van der Waals surface area contributed by atoms with Crippen LogP contribution >= 0.6 is 0 Å². The standard InChI is InChI=1S/C25H36N4O2/c1-2-24(30)27-17-12-20(13-18-27)22-10-4-5-11-23(22)29-16-8-9-21(19-29)26-25(31)28-14-6-3-7-15-28/h2,4-5,10-11,20-21H,1,3,6-9,12-19H2,(H,26,31)/t21-/m1/s1. The molecule has 6 heteroatoms. The maximum absolute atomic E-state index is 12.7. The van der Waals surface area contributed by atoms with Crippen LogP contribution in [0.3, 0.4) is 0 Å². The molecule has 6 nitrogen and oxygen atoms in total. The van der Waals surface area contributed by atoms with E-state index in [9.17, 15) is 9.59 Å². The van der Waals surface area contributed by atoms with Gasteiger partial charge in [-0.25, -0.2) is 4.79 Å². The van der Waals surface area contributed by atoms with Gasteiger partial charge in [0, 0.05) is 51.0 Å². The second kappa shape index (κ2) is 10.2. The summed E-state index contributed by atoms with van der Waals surface area (Å²) < 4.78 is 0. The number of rotatable bonds is 4. The molecule has 0 aliphatic carbocycles. The molecular formula is C25H36N4O2. The number of amides is 3. The largest absolute Gasteiger partial charge is 0.369 e. The summed E-state index contributed by atoms with van der Waals surface area (Å²) in [6, 6.07) is 9.03. The summed E-state index contributed by atoms with van der Waals surface area (Å²) in [6.45, 7) is 8.86. The van der Waals surface area contributed by atoms with E-state index < -0.39 is 0 Å². The Hall–Kier alpha value is -2.50. The van der Waals surface area contributed by atoms with Gasteiger partial charge in [-0.15, -0.1) is 0 Å². The summed E-state index contributed by atoms with van der Waals surface area (Å²) in [5.74, 6) is 0.503. The van der Waals surface area contributed by atoms with Gasteiger partial charge in [0.1, 0.15) is 0 Å². The molecule has 3 aliphatic rings. The zero-order valence-corrected chi connectivity index (χ0v) is 18.6. The van der Waals surface area contributed by atoms with Gasteiger partial charge in [-0.1, -0.05) is 24.8 Å². The Kier molecular flexibility index (Phi) is 7.15. The number of carbonyl (C=O) groups is 2. The number of benzene rings is 1. The van der Waals surface area contributed by atoms with Crippen LogP contribution in [0, 0.1) is 0 Å². The molecule has 31 heavy (non-hydrogen) atoms. The molecule has 0 bridgehead atoms. The fraction of sp³-hybridized carbons (Fsp3) is 0.600. The van der Waals surface area contributed by atoms with Crippen molar-refractivity contribution in [3.05, 3.63) is 42.5 Å². The molecule has 0 radical (unpaired) electrons. The van der Waals surface area contributed by atoms with Gasteiger partial charge in [0.25, 0.3) is 0 Å². The minimum absolute atomic E-state index is 0.0371. The molecule has 3 heterocycles. The normalized spacial score (nSPS) is 22.8. The summed E-state index contributed by atoms with van der Waals surface area (Å²) in [7, 11) is 0. The lowest BCUT2D eigenvalue weighted by Crippen LogP contribution is -2.52. The highest BCUT2D eigenvalue weighted by molar-refractivity contribution is 5.87. The average molecular weight is 425 g/mol. The van der Waals surface area contributed by atoms with Crippen molar-refractivity contribution in [2.75, 3.05) is 44.2 Å². The molecule has 1 aromatic carbocycles. The Morgan fingerprint density at radius 1 is 0.903 bits per heavy atom. The van der Waals surface area contributed by atoms with E-state index >= 15 is 0 Å². The van der Waals surface area contributed by atoms with Crippen molar-refractivity contribution in [1.82, 2.24) is 15.1 Å². The van der Waals surface area contributed by atoms with E-state index in [2.05, 4.69) is 41.1 Å². The van der Waals surface area contributed by atoms with Crippen LogP contribution < -0.4 is 10.2 Å². The quantitative estimate of drug-likeness (QED) is 0.749. The topological polar surface area (TPSA) is 55.9 Å². The first-order valence-corrected chi connectivity index (χ1v) is 12.0. The van der Waals surface area contributed by atoms with E-state index in [0.717, 1.165) is 77.8 Å². The van der Waals surface area contributed by atoms with Crippen LogP contribution in [0.5, 0.6) is 0 Å². The SMILES string of the molecule is C=CC(=O)N1CCC(c2ccccc2N2CCC[C@@H](NC(=O)N3CCCCC3)C2)CC1. The first-order valence-electron chi connectivity index (χ1n) is 12.0. The monoisotopic (exact) mass is 424 g/mol. The van der Waals surface area contributed by atoms with Gasteiger partial charge in [-0.3, -0.25) is 4.79 Å². The molecule has 3 amide bonds. The summed E-state index contributed by atoms with van der Waals surface area (Å²) in [5, 5.41) is 3.30. The molecule has 168 valence electrons. The van der Waals surface area contributed by atoms with Gasteiger partial charge >= 0.3 is 6.03 Å². The van der Waals surface area contributed by atoms with Gasteiger partial charge in [0.2, 0.25) is 5.91 Å². The zero-order chi connectivity index (χ0) is 21.6.